The van der Waals surface area contributed by atoms with Crippen LogP contribution >= 0.6 is 0 Å². The molecule has 2 atom stereocenters. The maximum Gasteiger partial charge on any atom is 0.295 e. The van der Waals surface area contributed by atoms with E-state index < -0.39 is 17.7 Å². The van der Waals surface area contributed by atoms with Gasteiger partial charge in [0, 0.05) is 18.5 Å². The maximum atomic E-state index is 13.4. The molecule has 1 saturated heterocycles. The van der Waals surface area contributed by atoms with E-state index in [4.69, 9.17) is 14.2 Å². The first kappa shape index (κ1) is 25.2. The molecule has 2 N–H and O–H groups in total. The number of hydrogen-bond donors (Lipinski definition) is 2. The van der Waals surface area contributed by atoms with Crippen molar-refractivity contribution < 1.29 is 34.0 Å². The fourth-order valence-corrected chi connectivity index (χ4v) is 5.01. The van der Waals surface area contributed by atoms with Gasteiger partial charge in [-0.1, -0.05) is 18.2 Å². The lowest BCUT2D eigenvalue weighted by Crippen LogP contribution is -2.29. The molecule has 2 heterocycles. The minimum absolute atomic E-state index is 0.0199. The zero-order valence-electron chi connectivity index (χ0n) is 21.4. The number of ketones is 1. The van der Waals surface area contributed by atoms with Crippen LogP contribution < -0.4 is 14.2 Å². The van der Waals surface area contributed by atoms with Crippen molar-refractivity contribution in [2.24, 2.45) is 0 Å². The lowest BCUT2D eigenvalue weighted by molar-refractivity contribution is -0.140. The predicted octanol–water partition coefficient (Wildman–Crippen LogP) is 4.74. The topological polar surface area (TPSA) is 106 Å². The Morgan fingerprint density at radius 1 is 1.08 bits per heavy atom. The molecule has 8 nitrogen and oxygen atoms in total. The highest BCUT2D eigenvalue weighted by molar-refractivity contribution is 6.46. The van der Waals surface area contributed by atoms with Gasteiger partial charge in [0.2, 0.25) is 0 Å². The number of ether oxygens (including phenoxy) is 3. The molecule has 0 saturated carbocycles. The van der Waals surface area contributed by atoms with Gasteiger partial charge >= 0.3 is 0 Å². The molecule has 3 aromatic carbocycles. The normalized spacial score (nSPS) is 19.8. The molecule has 196 valence electrons. The summed E-state index contributed by atoms with van der Waals surface area (Å²) in [6, 6.07) is 16.2. The highest BCUT2D eigenvalue weighted by Gasteiger charge is 2.46. The lowest BCUT2D eigenvalue weighted by Gasteiger charge is -2.26. The van der Waals surface area contributed by atoms with Crippen molar-refractivity contribution in [3.05, 3.63) is 88.5 Å². The monoisotopic (exact) mass is 515 g/mol. The Kier molecular flexibility index (Phi) is 6.72. The first-order valence-corrected chi connectivity index (χ1v) is 12.5. The van der Waals surface area contributed by atoms with E-state index in [1.807, 2.05) is 19.1 Å². The Balaban J connectivity index is 1.63. The number of aliphatic hydroxyl groups excluding tert-OH is 1. The molecular formula is C30H29NO7. The fourth-order valence-electron chi connectivity index (χ4n) is 5.01. The Morgan fingerprint density at radius 2 is 1.84 bits per heavy atom. The van der Waals surface area contributed by atoms with Crippen molar-refractivity contribution >= 4 is 17.4 Å². The second-order valence-electron chi connectivity index (χ2n) is 9.39. The smallest absolute Gasteiger partial charge is 0.295 e. The molecule has 5 rings (SSSR count). The number of aromatic hydroxyl groups is 1. The van der Waals surface area contributed by atoms with Crippen molar-refractivity contribution in [2.45, 2.75) is 39.0 Å². The third-order valence-electron chi connectivity index (χ3n) is 6.82. The number of nitrogens with zero attached hydrogens (tertiary/aromatic N) is 1. The zero-order chi connectivity index (χ0) is 27.0. The van der Waals surface area contributed by atoms with Gasteiger partial charge in [-0.15, -0.1) is 0 Å². The fraction of sp³-hybridized carbons (Fsp3) is 0.267. The van der Waals surface area contributed by atoms with Gasteiger partial charge in [-0.2, -0.15) is 0 Å². The number of Topliss-reactive ketones (excluding diaryl/α,β-unsaturated/α-hetero) is 1. The van der Waals surface area contributed by atoms with E-state index in [-0.39, 0.29) is 35.5 Å². The van der Waals surface area contributed by atoms with Crippen LogP contribution in [0.2, 0.25) is 0 Å². The molecule has 3 aromatic rings. The van der Waals surface area contributed by atoms with Crippen molar-refractivity contribution in [2.75, 3.05) is 13.7 Å². The summed E-state index contributed by atoms with van der Waals surface area (Å²) in [6.45, 7) is 4.19. The molecule has 2 aliphatic heterocycles. The van der Waals surface area contributed by atoms with Crippen molar-refractivity contribution in [3.63, 3.8) is 0 Å². The van der Waals surface area contributed by atoms with Crippen LogP contribution in [-0.4, -0.2) is 46.6 Å². The van der Waals surface area contributed by atoms with Crippen molar-refractivity contribution in [3.8, 4) is 23.0 Å². The van der Waals surface area contributed by atoms with Gasteiger partial charge in [0.25, 0.3) is 11.7 Å². The highest BCUT2D eigenvalue weighted by Crippen LogP contribution is 2.43. The number of phenols is 1. The van der Waals surface area contributed by atoms with Gasteiger partial charge in [0.15, 0.2) is 11.5 Å². The quantitative estimate of drug-likeness (QED) is 0.266. The summed E-state index contributed by atoms with van der Waals surface area (Å²) in [5.41, 5.74) is 2.64. The van der Waals surface area contributed by atoms with Gasteiger partial charge in [-0.05, 0) is 73.0 Å². The second-order valence-corrected chi connectivity index (χ2v) is 9.39. The molecule has 1 amide bonds. The van der Waals surface area contributed by atoms with Crippen molar-refractivity contribution in [1.82, 2.24) is 4.90 Å². The first-order valence-electron chi connectivity index (χ1n) is 12.5. The standard InChI is InChI=1S/C30H29NO7/c1-4-37-25-15-19(7-11-23(25)32)27-26(28(33)20-8-12-24-21(14-20)13-17(2)38-24)29(34)30(35)31(27)16-18-5-9-22(36-3)10-6-18/h5-12,14-15,17,27,32-33H,4,13,16H2,1-3H3/b28-26+. The number of phenolic OH excluding ortho intramolecular Hbond substituents is 1. The number of carbonyl (C=O) groups is 2. The molecule has 38 heavy (non-hydrogen) atoms. The number of benzene rings is 3. The molecule has 0 spiro atoms. The SMILES string of the molecule is CCOc1cc(C2/C(=C(\O)c3ccc4c(c3)CC(C)O4)C(=O)C(=O)N2Cc2ccc(OC)cc2)ccc1O. The van der Waals surface area contributed by atoms with E-state index in [0.29, 0.717) is 29.9 Å². The molecule has 1 fully saturated rings. The van der Waals surface area contributed by atoms with Crippen LogP contribution in [0.3, 0.4) is 0 Å². The van der Waals surface area contributed by atoms with Crippen LogP contribution in [0.1, 0.15) is 42.1 Å². The summed E-state index contributed by atoms with van der Waals surface area (Å²) in [5, 5.41) is 21.7. The van der Waals surface area contributed by atoms with Crippen LogP contribution in [-0.2, 0) is 22.6 Å². The van der Waals surface area contributed by atoms with E-state index in [1.54, 1.807) is 56.5 Å². The minimum atomic E-state index is -0.902. The number of amides is 1. The van der Waals surface area contributed by atoms with E-state index in [0.717, 1.165) is 16.9 Å². The van der Waals surface area contributed by atoms with Crippen molar-refractivity contribution in [1.29, 1.82) is 0 Å². The second kappa shape index (κ2) is 10.1. The number of carbonyl (C=O) groups excluding carboxylic acids is 2. The average Bonchev–Trinajstić information content (AvgIpc) is 3.41. The summed E-state index contributed by atoms with van der Waals surface area (Å²) in [4.78, 5) is 28.2. The Bertz CT molecular complexity index is 1430. The summed E-state index contributed by atoms with van der Waals surface area (Å²) < 4.78 is 16.6. The molecule has 0 aliphatic carbocycles. The Hall–Kier alpha value is -4.46. The summed E-state index contributed by atoms with van der Waals surface area (Å²) in [6.07, 6.45) is 0.702. The molecule has 2 unspecified atom stereocenters. The zero-order valence-corrected chi connectivity index (χ0v) is 21.4. The van der Waals surface area contributed by atoms with Crippen LogP contribution in [0.4, 0.5) is 0 Å². The molecule has 2 aliphatic rings. The first-order chi connectivity index (χ1) is 18.3. The predicted molar refractivity (Wildman–Crippen MR) is 140 cm³/mol. The lowest BCUT2D eigenvalue weighted by atomic mass is 9.94. The van der Waals surface area contributed by atoms with Crippen LogP contribution in [0, 0.1) is 0 Å². The number of fused-ring (bicyclic) bond motifs is 1. The van der Waals surface area contributed by atoms with Crippen LogP contribution in [0.15, 0.2) is 66.2 Å². The Labute approximate surface area is 220 Å². The van der Waals surface area contributed by atoms with Gasteiger partial charge in [-0.25, -0.2) is 0 Å². The largest absolute Gasteiger partial charge is 0.507 e. The van der Waals surface area contributed by atoms with Gasteiger partial charge in [0.05, 0.1) is 25.3 Å². The number of rotatable bonds is 7. The maximum absolute atomic E-state index is 13.4. The van der Waals surface area contributed by atoms with E-state index in [9.17, 15) is 19.8 Å². The molecule has 0 bridgehead atoms. The summed E-state index contributed by atoms with van der Waals surface area (Å²) in [5.74, 6) is -0.195. The van der Waals surface area contributed by atoms with E-state index in [2.05, 4.69) is 0 Å². The van der Waals surface area contributed by atoms with E-state index >= 15 is 0 Å². The third kappa shape index (κ3) is 4.53. The van der Waals surface area contributed by atoms with Gasteiger partial charge in [0.1, 0.15) is 23.4 Å². The van der Waals surface area contributed by atoms with Crippen LogP contribution in [0.5, 0.6) is 23.0 Å². The number of methoxy groups -OCH3 is 1. The average molecular weight is 516 g/mol. The number of likely N-dealkylation sites (tertiary alicyclic amines) is 1. The van der Waals surface area contributed by atoms with Crippen LogP contribution in [0.25, 0.3) is 5.76 Å². The van der Waals surface area contributed by atoms with Gasteiger partial charge in [-0.3, -0.25) is 9.59 Å². The van der Waals surface area contributed by atoms with E-state index in [1.165, 1.54) is 11.0 Å². The van der Waals surface area contributed by atoms with Gasteiger partial charge < -0.3 is 29.3 Å². The molecule has 0 radical (unpaired) electrons. The minimum Gasteiger partial charge on any atom is -0.507 e. The molecule has 8 heteroatoms. The Morgan fingerprint density at radius 3 is 2.55 bits per heavy atom. The third-order valence-corrected chi connectivity index (χ3v) is 6.82. The highest BCUT2D eigenvalue weighted by atomic mass is 16.5. The molecular weight excluding hydrogens is 486 g/mol. The number of hydrogen-bond acceptors (Lipinski definition) is 7. The summed E-state index contributed by atoms with van der Waals surface area (Å²) in [7, 11) is 1.57. The molecule has 0 aromatic heterocycles. The number of aliphatic hydroxyl groups is 1. The summed E-state index contributed by atoms with van der Waals surface area (Å²) >= 11 is 0.